The Balaban J connectivity index is 2.35. The third-order valence-corrected chi connectivity index (χ3v) is 3.49. The number of hydrogen-bond acceptors (Lipinski definition) is 3. The maximum atomic E-state index is 13.2. The molecule has 0 unspecified atom stereocenters. The molecule has 5 heteroatoms. The Kier molecular flexibility index (Phi) is 6.55. The molecule has 0 radical (unpaired) electrons. The van der Waals surface area contributed by atoms with Gasteiger partial charge in [0.25, 0.3) is 0 Å². The van der Waals surface area contributed by atoms with Gasteiger partial charge in [0.05, 0.1) is 0 Å². The Morgan fingerprint density at radius 1 is 0.885 bits per heavy atom. The predicted octanol–water partition coefficient (Wildman–Crippen LogP) is 4.74. The van der Waals surface area contributed by atoms with Crippen molar-refractivity contribution in [1.29, 1.82) is 0 Å². The molecule has 0 aliphatic carbocycles. The van der Waals surface area contributed by atoms with E-state index in [0.717, 1.165) is 23.8 Å². The molecule has 2 aromatic carbocycles. The summed E-state index contributed by atoms with van der Waals surface area (Å²) in [7, 11) is 0. The van der Waals surface area contributed by atoms with Gasteiger partial charge < -0.3 is 4.74 Å². The van der Waals surface area contributed by atoms with Gasteiger partial charge in [0.15, 0.2) is 5.78 Å². The Hall–Kier alpha value is -3.08. The topological polar surface area (TPSA) is 43.4 Å². The quantitative estimate of drug-likeness (QED) is 0.325. The summed E-state index contributed by atoms with van der Waals surface area (Å²) in [5.41, 5.74) is 1.60. The third-order valence-electron chi connectivity index (χ3n) is 3.49. The van der Waals surface area contributed by atoms with E-state index >= 15 is 0 Å². The smallest absolute Gasteiger partial charge is 0.331 e. The van der Waals surface area contributed by atoms with E-state index in [-0.39, 0.29) is 17.7 Å². The average molecular weight is 356 g/mol. The normalized spacial score (nSPS) is 11.0. The van der Waals surface area contributed by atoms with E-state index < -0.39 is 23.4 Å². The number of esters is 1. The highest BCUT2D eigenvalue weighted by Crippen LogP contribution is 2.21. The number of Topliss-reactive ketones (excluding diaryl/α,β-unsaturated/α-hetero) is 1. The molecule has 0 aliphatic rings. The molecule has 2 aromatic rings. The molecule has 0 aliphatic heterocycles. The second kappa shape index (κ2) is 8.85. The maximum Gasteiger partial charge on any atom is 0.331 e. The molecule has 3 nitrogen and oxygen atoms in total. The average Bonchev–Trinajstić information content (AvgIpc) is 2.60. The van der Waals surface area contributed by atoms with Gasteiger partial charge in [0.2, 0.25) is 0 Å². The fourth-order valence-corrected chi connectivity index (χ4v) is 2.12. The molecule has 0 aromatic heterocycles. The molecule has 0 amide bonds. The van der Waals surface area contributed by atoms with Crippen LogP contribution in [0.25, 0.3) is 5.57 Å². The Morgan fingerprint density at radius 2 is 1.38 bits per heavy atom. The standard InChI is InChI=1S/C21H18F2O3/c1-14(2)11-12-26-20(24)13-19(15-3-7-17(22)8-4-15)21(25)16-5-9-18(23)10-6-16/h3-11,13H,12H2,1-2H3/b19-13-. The highest BCUT2D eigenvalue weighted by molar-refractivity contribution is 6.31. The van der Waals surface area contributed by atoms with Crippen molar-refractivity contribution < 1.29 is 23.1 Å². The van der Waals surface area contributed by atoms with E-state index in [4.69, 9.17) is 4.74 Å². The van der Waals surface area contributed by atoms with Crippen LogP contribution < -0.4 is 0 Å². The van der Waals surface area contributed by atoms with E-state index in [1.165, 1.54) is 36.4 Å². The second-order valence-corrected chi connectivity index (χ2v) is 5.81. The number of carbonyl (C=O) groups is 2. The van der Waals surface area contributed by atoms with Crippen LogP contribution in [0.15, 0.2) is 66.3 Å². The van der Waals surface area contributed by atoms with Crippen molar-refractivity contribution in [3.63, 3.8) is 0 Å². The van der Waals surface area contributed by atoms with E-state index in [0.29, 0.717) is 5.56 Å². The first-order chi connectivity index (χ1) is 12.4. The van der Waals surface area contributed by atoms with E-state index in [2.05, 4.69) is 0 Å². The summed E-state index contributed by atoms with van der Waals surface area (Å²) in [6, 6.07) is 10.1. The van der Waals surface area contributed by atoms with Gasteiger partial charge in [-0.1, -0.05) is 17.7 Å². The van der Waals surface area contributed by atoms with E-state index in [1.807, 2.05) is 13.8 Å². The maximum absolute atomic E-state index is 13.2. The van der Waals surface area contributed by atoms with Crippen LogP contribution in [0, 0.1) is 11.6 Å². The van der Waals surface area contributed by atoms with Crippen molar-refractivity contribution >= 4 is 17.3 Å². The van der Waals surface area contributed by atoms with Crippen LogP contribution in [-0.2, 0) is 9.53 Å². The molecule has 2 rings (SSSR count). The van der Waals surface area contributed by atoms with Crippen LogP contribution >= 0.6 is 0 Å². The molecule has 0 saturated carbocycles. The van der Waals surface area contributed by atoms with Gasteiger partial charge in [-0.15, -0.1) is 0 Å². The predicted molar refractivity (Wildman–Crippen MR) is 95.5 cm³/mol. The Morgan fingerprint density at radius 3 is 1.88 bits per heavy atom. The number of ketones is 1. The van der Waals surface area contributed by atoms with Crippen molar-refractivity contribution in [3.8, 4) is 0 Å². The molecule has 0 atom stereocenters. The van der Waals surface area contributed by atoms with Crippen molar-refractivity contribution in [2.75, 3.05) is 6.61 Å². The monoisotopic (exact) mass is 356 g/mol. The van der Waals surface area contributed by atoms with Crippen molar-refractivity contribution in [3.05, 3.63) is 89.0 Å². The van der Waals surface area contributed by atoms with Gasteiger partial charge in [0.1, 0.15) is 18.2 Å². The fraction of sp³-hybridized carbons (Fsp3) is 0.143. The van der Waals surface area contributed by atoms with Gasteiger partial charge in [-0.25, -0.2) is 13.6 Å². The van der Waals surface area contributed by atoms with Crippen LogP contribution in [0.3, 0.4) is 0 Å². The highest BCUT2D eigenvalue weighted by Gasteiger charge is 2.17. The Bertz CT molecular complexity index is 844. The van der Waals surface area contributed by atoms with Crippen LogP contribution in [0.4, 0.5) is 8.78 Å². The summed E-state index contributed by atoms with van der Waals surface area (Å²) in [5.74, 6) is -2.13. The first-order valence-electron chi connectivity index (χ1n) is 7.95. The first-order valence-corrected chi connectivity index (χ1v) is 7.95. The number of hydrogen-bond donors (Lipinski definition) is 0. The number of ether oxygens (including phenoxy) is 1. The summed E-state index contributed by atoms with van der Waals surface area (Å²) < 4.78 is 31.3. The molecular weight excluding hydrogens is 338 g/mol. The number of allylic oxidation sites excluding steroid dienone is 2. The number of halogens is 2. The lowest BCUT2D eigenvalue weighted by atomic mass is 9.96. The summed E-state index contributed by atoms with van der Waals surface area (Å²) >= 11 is 0. The second-order valence-electron chi connectivity index (χ2n) is 5.81. The minimum Gasteiger partial charge on any atom is -0.458 e. The minimum absolute atomic E-state index is 0.0406. The molecule has 0 saturated heterocycles. The number of carbonyl (C=O) groups excluding carboxylic acids is 2. The van der Waals surface area contributed by atoms with Crippen LogP contribution in [0.5, 0.6) is 0 Å². The summed E-state index contributed by atoms with van der Waals surface area (Å²) in [4.78, 5) is 24.8. The molecule has 0 spiro atoms. The van der Waals surface area contributed by atoms with Gasteiger partial charge in [-0.3, -0.25) is 4.79 Å². The lowest BCUT2D eigenvalue weighted by molar-refractivity contribution is -0.136. The van der Waals surface area contributed by atoms with Gasteiger partial charge in [-0.2, -0.15) is 0 Å². The Labute approximate surface area is 150 Å². The lowest BCUT2D eigenvalue weighted by Gasteiger charge is -2.08. The highest BCUT2D eigenvalue weighted by atomic mass is 19.1. The van der Waals surface area contributed by atoms with Crippen LogP contribution in [0.2, 0.25) is 0 Å². The zero-order valence-corrected chi connectivity index (χ0v) is 14.5. The lowest BCUT2D eigenvalue weighted by Crippen LogP contribution is -2.08. The molecular formula is C21H18F2O3. The molecule has 134 valence electrons. The summed E-state index contributed by atoms with van der Waals surface area (Å²) in [6.45, 7) is 3.82. The van der Waals surface area contributed by atoms with Gasteiger partial charge in [-0.05, 0) is 61.9 Å². The van der Waals surface area contributed by atoms with Crippen LogP contribution in [0.1, 0.15) is 29.8 Å². The molecule has 0 bridgehead atoms. The molecule has 0 fully saturated rings. The van der Waals surface area contributed by atoms with Gasteiger partial charge in [0, 0.05) is 17.2 Å². The summed E-state index contributed by atoms with van der Waals surface area (Å²) in [6.07, 6.45) is 2.79. The third kappa shape index (κ3) is 5.48. The van der Waals surface area contributed by atoms with Crippen molar-refractivity contribution in [2.45, 2.75) is 13.8 Å². The van der Waals surface area contributed by atoms with Crippen LogP contribution in [-0.4, -0.2) is 18.4 Å². The first kappa shape index (κ1) is 19.2. The zero-order valence-electron chi connectivity index (χ0n) is 14.5. The number of rotatable bonds is 6. The summed E-state index contributed by atoms with van der Waals surface area (Å²) in [5, 5.41) is 0. The largest absolute Gasteiger partial charge is 0.458 e. The number of benzene rings is 2. The van der Waals surface area contributed by atoms with Crippen molar-refractivity contribution in [1.82, 2.24) is 0 Å². The van der Waals surface area contributed by atoms with Crippen molar-refractivity contribution in [2.24, 2.45) is 0 Å². The van der Waals surface area contributed by atoms with Gasteiger partial charge >= 0.3 is 5.97 Å². The molecule has 0 heterocycles. The minimum atomic E-state index is -0.697. The van der Waals surface area contributed by atoms with E-state index in [9.17, 15) is 18.4 Å². The molecule has 0 N–H and O–H groups in total. The SMILES string of the molecule is CC(C)=CCOC(=O)/C=C(\C(=O)c1ccc(F)cc1)c1ccc(F)cc1. The fourth-order valence-electron chi connectivity index (χ4n) is 2.12. The van der Waals surface area contributed by atoms with E-state index in [1.54, 1.807) is 6.08 Å². The molecule has 26 heavy (non-hydrogen) atoms. The zero-order chi connectivity index (χ0) is 19.1.